The second-order valence-corrected chi connectivity index (χ2v) is 14.2. The largest absolute Gasteiger partial charge is 0.497 e. The summed E-state index contributed by atoms with van der Waals surface area (Å²) < 4.78 is 104. The van der Waals surface area contributed by atoms with E-state index in [1.165, 1.54) is 28.9 Å². The fraction of sp³-hybridized carbons (Fsp3) is 0.375. The first-order valence-corrected chi connectivity index (χ1v) is 18.9. The maximum Gasteiger partial charge on any atom is 0.490 e. The number of nitrogens with zero attached hydrogens (tertiary/aromatic N) is 5. The minimum Gasteiger partial charge on any atom is -0.497 e. The molecule has 332 valence electrons. The molecule has 2 heterocycles. The molecule has 2 aromatic heterocycles. The number of aromatic amines is 1. The number of hydrogen-bond acceptors (Lipinski definition) is 10. The normalized spacial score (nSPS) is 18.6. The Bertz CT molecular complexity index is 2310. The average molecular weight is 881 g/mol. The van der Waals surface area contributed by atoms with Gasteiger partial charge in [-0.2, -0.15) is 13.2 Å². The lowest BCUT2D eigenvalue weighted by atomic mass is 9.82. The molecule has 0 bridgehead atoms. The molecule has 5 aromatic rings. The van der Waals surface area contributed by atoms with Crippen molar-refractivity contribution in [3.05, 3.63) is 112 Å². The van der Waals surface area contributed by atoms with Gasteiger partial charge in [-0.15, -0.1) is 5.10 Å². The molecule has 0 radical (unpaired) electrons. The van der Waals surface area contributed by atoms with Crippen molar-refractivity contribution in [3.63, 3.8) is 0 Å². The summed E-state index contributed by atoms with van der Waals surface area (Å²) in [6.45, 7) is 0.287. The van der Waals surface area contributed by atoms with E-state index >= 15 is 0 Å². The number of halogens is 7. The number of rotatable bonds is 11. The molecule has 3 aromatic carbocycles. The van der Waals surface area contributed by atoms with Gasteiger partial charge in [-0.25, -0.2) is 41.7 Å². The van der Waals surface area contributed by atoms with Crippen molar-refractivity contribution < 1.29 is 74.6 Å². The summed E-state index contributed by atoms with van der Waals surface area (Å²) in [4.78, 5) is 31.5. The molecule has 0 saturated heterocycles. The molecule has 0 amide bonds. The van der Waals surface area contributed by atoms with Gasteiger partial charge in [0.1, 0.15) is 41.2 Å². The first-order chi connectivity index (χ1) is 29.4. The van der Waals surface area contributed by atoms with E-state index in [0.717, 1.165) is 17.7 Å². The zero-order valence-electron chi connectivity index (χ0n) is 32.6. The maximum atomic E-state index is 14.1. The Kier molecular flexibility index (Phi) is 15.5. The van der Waals surface area contributed by atoms with Crippen molar-refractivity contribution in [2.24, 2.45) is 0 Å². The van der Waals surface area contributed by atoms with Gasteiger partial charge >= 0.3 is 24.1 Å². The predicted molar refractivity (Wildman–Crippen MR) is 200 cm³/mol. The van der Waals surface area contributed by atoms with E-state index in [4.69, 9.17) is 29.2 Å². The van der Waals surface area contributed by atoms with E-state index in [-0.39, 0.29) is 53.7 Å². The molecule has 0 unspecified atom stereocenters. The number of hydrogen-bond donors (Lipinski definition) is 4. The minimum absolute atomic E-state index is 0.00621. The smallest absolute Gasteiger partial charge is 0.490 e. The lowest BCUT2D eigenvalue weighted by Gasteiger charge is -2.29. The summed E-state index contributed by atoms with van der Waals surface area (Å²) >= 11 is 0. The van der Waals surface area contributed by atoms with E-state index in [0.29, 0.717) is 68.2 Å². The van der Waals surface area contributed by atoms with E-state index in [1.807, 2.05) is 12.1 Å². The number of aromatic carboxylic acids is 2. The molecule has 22 heteroatoms. The first kappa shape index (κ1) is 46.3. The van der Waals surface area contributed by atoms with Gasteiger partial charge in [0, 0.05) is 12.1 Å². The van der Waals surface area contributed by atoms with Crippen LogP contribution in [0.2, 0.25) is 0 Å². The highest BCUT2D eigenvalue weighted by atomic mass is 19.4. The minimum atomic E-state index is -5.08. The molecule has 2 saturated carbocycles. The molecule has 0 atom stereocenters. The summed E-state index contributed by atoms with van der Waals surface area (Å²) in [5.41, 5.74) is 1.47. The molecule has 0 spiro atoms. The molecular weight excluding hydrogens is 841 g/mol. The number of aromatic nitrogens is 6. The Hall–Kier alpha value is -6.74. The van der Waals surface area contributed by atoms with Crippen LogP contribution in [0.25, 0.3) is 0 Å². The Morgan fingerprint density at radius 3 is 1.66 bits per heavy atom. The van der Waals surface area contributed by atoms with E-state index in [1.54, 1.807) is 19.2 Å². The standard InChI is InChI=1S/C23H23F2N3O4.C15H15F2N3O3.C2HF3O2/c1-31-17-7-2-14(3-8-17)13-28-22(21(23(29)30)26-27-28)32-18-9-4-15(5-10-18)19-11-6-16(24)12-20(19)25;16-9-3-6-11(12(17)7-9)8-1-4-10(5-2-8)23-14-13(15(21)22)18-20-19-14;3-2(4,5)1(6)7/h2-3,6-8,11-12,15,18H,4-5,9-10,13H2,1H3,(H,29,30);3,6-8,10H,1-2,4-5H2,(H,21,22)(H,18,19,20);(H,6,7). The summed E-state index contributed by atoms with van der Waals surface area (Å²) in [6, 6.07) is 14.6. The van der Waals surface area contributed by atoms with Crippen LogP contribution in [0.5, 0.6) is 17.5 Å². The number of alkyl halides is 3. The van der Waals surface area contributed by atoms with Gasteiger partial charge in [0.2, 0.25) is 17.3 Å². The number of aliphatic carboxylic acids is 1. The molecule has 62 heavy (non-hydrogen) atoms. The zero-order valence-corrected chi connectivity index (χ0v) is 32.6. The van der Waals surface area contributed by atoms with Crippen LogP contribution in [0.4, 0.5) is 30.7 Å². The number of benzene rings is 3. The Morgan fingerprint density at radius 2 is 1.23 bits per heavy atom. The SMILES string of the molecule is COc1ccc(Cn2nnc(C(=O)O)c2OC2CCC(c3ccc(F)cc3F)CC2)cc1.O=C(O)C(F)(F)F.O=C(O)c1[nH]nnc1OC1CCC(c2ccc(F)cc2F)CC1. The Morgan fingerprint density at radius 1 is 0.726 bits per heavy atom. The number of ether oxygens (including phenoxy) is 3. The highest BCUT2D eigenvalue weighted by molar-refractivity contribution is 5.88. The van der Waals surface area contributed by atoms with Crippen LogP contribution >= 0.6 is 0 Å². The summed E-state index contributed by atoms with van der Waals surface area (Å²) in [5.74, 6) is -6.66. The van der Waals surface area contributed by atoms with Crippen LogP contribution in [0.1, 0.15) is 101 Å². The molecule has 7 rings (SSSR count). The number of carboxylic acids is 3. The number of methoxy groups -OCH3 is 1. The third-order valence-electron chi connectivity index (χ3n) is 10.1. The fourth-order valence-corrected chi connectivity index (χ4v) is 6.97. The van der Waals surface area contributed by atoms with Crippen molar-refractivity contribution in [3.8, 4) is 17.5 Å². The molecule has 2 fully saturated rings. The number of carboxylic acid groups (broad SMARTS) is 3. The summed E-state index contributed by atoms with van der Waals surface area (Å²) in [5, 5.41) is 42.6. The van der Waals surface area contributed by atoms with Crippen LogP contribution in [0.15, 0.2) is 60.7 Å². The zero-order chi connectivity index (χ0) is 45.1. The topological polar surface area (TPSA) is 212 Å². The average Bonchev–Trinajstić information content (AvgIpc) is 3.86. The predicted octanol–water partition coefficient (Wildman–Crippen LogP) is 7.94. The third-order valence-corrected chi connectivity index (χ3v) is 10.1. The van der Waals surface area contributed by atoms with Crippen LogP contribution in [-0.4, -0.2) is 89.1 Å². The van der Waals surface area contributed by atoms with E-state index in [2.05, 4.69) is 25.7 Å². The van der Waals surface area contributed by atoms with Crippen molar-refractivity contribution in [2.75, 3.05) is 7.11 Å². The number of H-pyrrole nitrogens is 1. The van der Waals surface area contributed by atoms with Crippen LogP contribution < -0.4 is 14.2 Å². The lowest BCUT2D eigenvalue weighted by molar-refractivity contribution is -0.192. The van der Waals surface area contributed by atoms with E-state index in [9.17, 15) is 45.4 Å². The van der Waals surface area contributed by atoms with Gasteiger partial charge in [0.05, 0.1) is 13.7 Å². The van der Waals surface area contributed by atoms with Crippen LogP contribution in [0.3, 0.4) is 0 Å². The maximum absolute atomic E-state index is 14.1. The van der Waals surface area contributed by atoms with Crippen LogP contribution in [0, 0.1) is 23.3 Å². The van der Waals surface area contributed by atoms with Gasteiger partial charge in [-0.1, -0.05) is 39.8 Å². The first-order valence-electron chi connectivity index (χ1n) is 18.9. The van der Waals surface area contributed by atoms with Crippen LogP contribution in [-0.2, 0) is 11.3 Å². The van der Waals surface area contributed by atoms with Gasteiger partial charge in [-0.05, 0) is 104 Å². The second kappa shape index (κ2) is 20.7. The van der Waals surface area contributed by atoms with Crippen molar-refractivity contribution in [2.45, 2.75) is 88.1 Å². The molecule has 0 aliphatic heterocycles. The highest BCUT2D eigenvalue weighted by Crippen LogP contribution is 2.37. The molecule has 2 aliphatic carbocycles. The van der Waals surface area contributed by atoms with Gasteiger partial charge in [0.25, 0.3) is 5.88 Å². The monoisotopic (exact) mass is 880 g/mol. The highest BCUT2D eigenvalue weighted by Gasteiger charge is 2.38. The van der Waals surface area contributed by atoms with Gasteiger partial charge in [0.15, 0.2) is 0 Å². The summed E-state index contributed by atoms with van der Waals surface area (Å²) in [7, 11) is 1.58. The van der Waals surface area contributed by atoms with Gasteiger partial charge < -0.3 is 29.5 Å². The molecule has 15 nitrogen and oxygen atoms in total. The Balaban J connectivity index is 0.000000211. The van der Waals surface area contributed by atoms with Crippen molar-refractivity contribution in [1.82, 2.24) is 30.4 Å². The number of carbonyl (C=O) groups is 3. The fourth-order valence-electron chi connectivity index (χ4n) is 6.97. The molecular formula is C40H39F7N6O9. The lowest BCUT2D eigenvalue weighted by Crippen LogP contribution is -2.25. The quantitative estimate of drug-likeness (QED) is 0.0930. The van der Waals surface area contributed by atoms with E-state index < -0.39 is 47.4 Å². The Labute approximate surface area is 347 Å². The van der Waals surface area contributed by atoms with Crippen molar-refractivity contribution >= 4 is 17.9 Å². The van der Waals surface area contributed by atoms with Gasteiger partial charge in [-0.3, -0.25) is 0 Å². The summed E-state index contributed by atoms with van der Waals surface area (Å²) in [6.07, 6.45) is -0.408. The second-order valence-electron chi connectivity index (χ2n) is 14.2. The molecule has 4 N–H and O–H groups in total. The molecule has 2 aliphatic rings. The van der Waals surface area contributed by atoms with Crippen molar-refractivity contribution in [1.29, 1.82) is 0 Å². The number of nitrogens with one attached hydrogen (secondary N) is 1. The third kappa shape index (κ3) is 12.4.